The van der Waals surface area contributed by atoms with Gasteiger partial charge in [0.25, 0.3) is 5.79 Å². The normalized spacial score (nSPS) is 24.1. The summed E-state index contributed by atoms with van der Waals surface area (Å²) in [6.45, 7) is 3.07. The van der Waals surface area contributed by atoms with Gasteiger partial charge in [-0.05, 0) is 22.3 Å². The van der Waals surface area contributed by atoms with Gasteiger partial charge in [-0.3, -0.25) is 24.0 Å². The summed E-state index contributed by atoms with van der Waals surface area (Å²) in [6.07, 6.45) is -13.9. The highest BCUT2D eigenvalue weighted by Crippen LogP contribution is 2.41. The van der Waals surface area contributed by atoms with E-state index in [-0.39, 0.29) is 33.0 Å². The standard InChI is InChI=1S/C55H65NO19/c1-35(57)67-33-45(71-37(3)59)49(72-38(4)60)50-47(56-46(61)34-66-29-40-21-13-8-14-22-40)43(70-36(2)58)27-55(74-50,54(62)64-6)75-51-48(68-30-41-23-15-9-16-24-41)44(32-65-28-39-19-11-7-12-20-39)73-53(63-5)52(51)69-31-42-25-17-10-18-26-42/h7-26,43-45,47-53H,27-34H2,1-6H3,(H,56,61)/t43-,44+,45+,47+,48-,49+,50+,51-,52+,53+,55-/m0/s1. The Bertz CT molecular complexity index is 2430. The van der Waals surface area contributed by atoms with Crippen molar-refractivity contribution in [3.8, 4) is 0 Å². The topological polar surface area (TPSA) is 234 Å². The number of ether oxygens (including phenoxy) is 13. The van der Waals surface area contributed by atoms with E-state index in [4.69, 9.17) is 61.6 Å². The lowest BCUT2D eigenvalue weighted by Gasteiger charge is -2.52. The molecule has 11 atom stereocenters. The number of methoxy groups -OCH3 is 2. The second kappa shape index (κ2) is 28.9. The van der Waals surface area contributed by atoms with E-state index >= 15 is 0 Å². The minimum atomic E-state index is -2.72. The molecule has 2 aliphatic heterocycles. The number of esters is 5. The molecule has 0 aromatic heterocycles. The molecule has 6 rings (SSSR count). The molecule has 1 N–H and O–H groups in total. The molecular weight excluding hydrogens is 979 g/mol. The number of hydrogen-bond acceptors (Lipinski definition) is 19. The van der Waals surface area contributed by atoms with Gasteiger partial charge in [-0.1, -0.05) is 121 Å². The molecule has 0 unspecified atom stereocenters. The minimum absolute atomic E-state index is 0.0209. The fraction of sp³-hybridized carbons (Fsp3) is 0.455. The van der Waals surface area contributed by atoms with Crippen molar-refractivity contribution in [1.82, 2.24) is 5.32 Å². The Morgan fingerprint density at radius 2 is 1.15 bits per heavy atom. The van der Waals surface area contributed by atoms with Crippen molar-refractivity contribution in [2.45, 2.75) is 127 Å². The first kappa shape index (κ1) is 57.7. The molecule has 0 saturated carbocycles. The van der Waals surface area contributed by atoms with Gasteiger partial charge in [0, 0.05) is 34.8 Å². The zero-order valence-corrected chi connectivity index (χ0v) is 42.7. The number of nitrogens with one attached hydrogen (secondary N) is 1. The number of rotatable bonds is 26. The van der Waals surface area contributed by atoms with Crippen LogP contribution in [0.1, 0.15) is 56.4 Å². The largest absolute Gasteiger partial charge is 0.465 e. The maximum Gasteiger partial charge on any atom is 0.366 e. The average Bonchev–Trinajstić information content (AvgIpc) is 3.40. The van der Waals surface area contributed by atoms with Gasteiger partial charge >= 0.3 is 29.8 Å². The molecule has 4 aromatic rings. The second-order valence-electron chi connectivity index (χ2n) is 17.7. The van der Waals surface area contributed by atoms with Crippen LogP contribution in [0.3, 0.4) is 0 Å². The van der Waals surface area contributed by atoms with Crippen molar-refractivity contribution in [2.24, 2.45) is 0 Å². The van der Waals surface area contributed by atoms with Crippen LogP contribution < -0.4 is 5.32 Å². The average molecular weight is 1040 g/mol. The van der Waals surface area contributed by atoms with Crippen LogP contribution in [0.15, 0.2) is 121 Å². The first-order valence-electron chi connectivity index (χ1n) is 24.3. The molecule has 1 amide bonds. The van der Waals surface area contributed by atoms with Crippen LogP contribution >= 0.6 is 0 Å². The Kier molecular flexibility index (Phi) is 22.2. The maximum atomic E-state index is 14.9. The molecule has 0 bridgehead atoms. The number of carbonyl (C=O) groups is 6. The fourth-order valence-corrected chi connectivity index (χ4v) is 8.68. The monoisotopic (exact) mass is 1040 g/mol. The van der Waals surface area contributed by atoms with Crippen LogP contribution in [0.5, 0.6) is 0 Å². The molecule has 75 heavy (non-hydrogen) atoms. The first-order valence-corrected chi connectivity index (χ1v) is 24.3. The van der Waals surface area contributed by atoms with E-state index in [1.807, 2.05) is 97.1 Å². The van der Waals surface area contributed by atoms with Crippen LogP contribution in [-0.2, 0) is 117 Å². The summed E-state index contributed by atoms with van der Waals surface area (Å²) in [5.41, 5.74) is 3.12. The molecule has 2 saturated heterocycles. The van der Waals surface area contributed by atoms with E-state index in [2.05, 4.69) is 5.32 Å². The molecule has 2 fully saturated rings. The summed E-state index contributed by atoms with van der Waals surface area (Å²) in [5, 5.41) is 2.77. The van der Waals surface area contributed by atoms with E-state index in [9.17, 15) is 28.8 Å². The van der Waals surface area contributed by atoms with E-state index in [0.29, 0.717) is 0 Å². The number of benzene rings is 4. The van der Waals surface area contributed by atoms with Crippen molar-refractivity contribution < 1.29 is 90.3 Å². The Morgan fingerprint density at radius 1 is 0.627 bits per heavy atom. The van der Waals surface area contributed by atoms with Crippen molar-refractivity contribution in [1.29, 1.82) is 0 Å². The molecule has 20 heteroatoms. The van der Waals surface area contributed by atoms with Crippen LogP contribution in [0.2, 0.25) is 0 Å². The Hall–Kier alpha value is -6.62. The lowest BCUT2D eigenvalue weighted by Crippen LogP contribution is -2.72. The van der Waals surface area contributed by atoms with Crippen LogP contribution in [-0.4, -0.2) is 137 Å². The van der Waals surface area contributed by atoms with Crippen molar-refractivity contribution in [2.75, 3.05) is 34.0 Å². The lowest BCUT2D eigenvalue weighted by atomic mass is 9.87. The van der Waals surface area contributed by atoms with Gasteiger partial charge in [-0.25, -0.2) is 4.79 Å². The summed E-state index contributed by atoms with van der Waals surface area (Å²) >= 11 is 0. The Morgan fingerprint density at radius 3 is 1.64 bits per heavy atom. The third kappa shape index (κ3) is 17.2. The van der Waals surface area contributed by atoms with Gasteiger partial charge in [-0.2, -0.15) is 0 Å². The molecule has 0 aliphatic carbocycles. The third-order valence-corrected chi connectivity index (χ3v) is 11.9. The molecule has 2 heterocycles. The fourth-order valence-electron chi connectivity index (χ4n) is 8.68. The zero-order chi connectivity index (χ0) is 53.7. The van der Waals surface area contributed by atoms with Crippen LogP contribution in [0.4, 0.5) is 0 Å². The SMILES string of the molecule is COC(=O)[C@@]1(O[C@H]2[C@@H](OCc3ccccc3)[C@@H](COCc3ccccc3)O[C@@H](OC)[C@@H]2OCc2ccccc2)C[C@H](OC(C)=O)[C@@H](NC(=O)COCc2ccccc2)[C@H]([C@H](OC(C)=O)[C@@H](COC(C)=O)OC(C)=O)O1. The van der Waals surface area contributed by atoms with E-state index in [0.717, 1.165) is 57.1 Å². The zero-order valence-electron chi connectivity index (χ0n) is 42.7. The molecule has 0 spiro atoms. The van der Waals surface area contributed by atoms with Crippen molar-refractivity contribution in [3.05, 3.63) is 144 Å². The predicted molar refractivity (Wildman–Crippen MR) is 262 cm³/mol. The van der Waals surface area contributed by atoms with Gasteiger partial charge < -0.3 is 66.9 Å². The minimum Gasteiger partial charge on any atom is -0.465 e. The lowest BCUT2D eigenvalue weighted by molar-refractivity contribution is -0.377. The second-order valence-corrected chi connectivity index (χ2v) is 17.7. The molecule has 404 valence electrons. The smallest absolute Gasteiger partial charge is 0.366 e. The van der Waals surface area contributed by atoms with Crippen molar-refractivity contribution in [3.63, 3.8) is 0 Å². The molecule has 20 nitrogen and oxygen atoms in total. The molecule has 2 aliphatic rings. The van der Waals surface area contributed by atoms with Crippen molar-refractivity contribution >= 4 is 35.8 Å². The highest BCUT2D eigenvalue weighted by Gasteiger charge is 2.62. The maximum absolute atomic E-state index is 14.9. The van der Waals surface area contributed by atoms with Gasteiger partial charge in [0.2, 0.25) is 5.91 Å². The highest BCUT2D eigenvalue weighted by molar-refractivity contribution is 5.80. The molecule has 0 radical (unpaired) electrons. The Balaban J connectivity index is 1.50. The van der Waals surface area contributed by atoms with Gasteiger partial charge in [0.15, 0.2) is 18.5 Å². The summed E-state index contributed by atoms with van der Waals surface area (Å²) in [4.78, 5) is 80.5. The summed E-state index contributed by atoms with van der Waals surface area (Å²) in [6, 6.07) is 35.3. The van der Waals surface area contributed by atoms with Gasteiger partial charge in [0.1, 0.15) is 49.8 Å². The quantitative estimate of drug-likeness (QED) is 0.0654. The predicted octanol–water partition coefficient (Wildman–Crippen LogP) is 4.85. The number of hydrogen-bond donors (Lipinski definition) is 1. The number of carbonyl (C=O) groups excluding carboxylic acids is 6. The molecular formula is C55H65NO19. The molecule has 4 aromatic carbocycles. The van der Waals surface area contributed by atoms with E-state index in [1.54, 1.807) is 24.3 Å². The number of amides is 1. The summed E-state index contributed by atoms with van der Waals surface area (Å²) in [5.74, 6) is -8.25. The third-order valence-electron chi connectivity index (χ3n) is 11.9. The first-order chi connectivity index (χ1) is 36.2. The highest BCUT2D eigenvalue weighted by atomic mass is 16.8. The Labute approximate surface area is 435 Å². The van der Waals surface area contributed by atoms with E-state index < -0.39 is 122 Å². The van der Waals surface area contributed by atoms with Gasteiger partial charge in [0.05, 0.1) is 52.6 Å². The summed E-state index contributed by atoms with van der Waals surface area (Å²) in [7, 11) is 2.46. The summed E-state index contributed by atoms with van der Waals surface area (Å²) < 4.78 is 80.2. The van der Waals surface area contributed by atoms with E-state index in [1.165, 1.54) is 7.11 Å². The van der Waals surface area contributed by atoms with Gasteiger partial charge in [-0.15, -0.1) is 0 Å². The van der Waals surface area contributed by atoms with Crippen LogP contribution in [0.25, 0.3) is 0 Å². The van der Waals surface area contributed by atoms with Crippen LogP contribution in [0, 0.1) is 0 Å².